The van der Waals surface area contributed by atoms with Gasteiger partial charge in [0.05, 0.1) is 13.2 Å². The summed E-state index contributed by atoms with van der Waals surface area (Å²) in [6.45, 7) is 5.06. The molecule has 2 rings (SSSR count). The zero-order valence-corrected chi connectivity index (χ0v) is 15.7. The van der Waals surface area contributed by atoms with Crippen LogP contribution in [-0.4, -0.2) is 70.3 Å². The van der Waals surface area contributed by atoms with Crippen LogP contribution in [0.4, 0.5) is 0 Å². The molecule has 0 spiro atoms. The van der Waals surface area contributed by atoms with E-state index in [4.69, 9.17) is 14.5 Å². The maximum absolute atomic E-state index is 5.62. The molecule has 0 aromatic heterocycles. The summed E-state index contributed by atoms with van der Waals surface area (Å²) < 4.78 is 11.2. The fourth-order valence-corrected chi connectivity index (χ4v) is 3.28. The molecule has 1 fully saturated rings. The lowest BCUT2D eigenvalue weighted by Crippen LogP contribution is -2.40. The molecule has 0 radical (unpaired) electrons. The quantitative estimate of drug-likeness (QED) is 0.613. The molecule has 1 aliphatic rings. The van der Waals surface area contributed by atoms with E-state index < -0.39 is 0 Å². The monoisotopic (exact) mass is 333 g/mol. The summed E-state index contributed by atoms with van der Waals surface area (Å²) in [6.07, 6.45) is 2.00. The minimum absolute atomic E-state index is 0.0419. The van der Waals surface area contributed by atoms with Gasteiger partial charge in [0, 0.05) is 46.8 Å². The van der Waals surface area contributed by atoms with Crippen molar-refractivity contribution < 1.29 is 9.47 Å². The number of hydrogen-bond acceptors (Lipinski definition) is 3. The van der Waals surface area contributed by atoms with Crippen LogP contribution in [0.3, 0.4) is 0 Å². The third-order valence-electron chi connectivity index (χ3n) is 4.55. The van der Waals surface area contributed by atoms with E-state index in [0.29, 0.717) is 6.61 Å². The van der Waals surface area contributed by atoms with E-state index >= 15 is 0 Å². The molecular formula is C19H31N3O2. The lowest BCUT2D eigenvalue weighted by molar-refractivity contribution is 0.0529. The number of rotatable bonds is 5. The van der Waals surface area contributed by atoms with Crippen molar-refractivity contribution >= 4 is 5.96 Å². The highest BCUT2D eigenvalue weighted by Gasteiger charge is 2.34. The average Bonchev–Trinajstić information content (AvgIpc) is 2.56. The van der Waals surface area contributed by atoms with E-state index in [2.05, 4.69) is 34.1 Å². The number of guanidine groups is 1. The molecule has 1 heterocycles. The minimum atomic E-state index is 0.0419. The first-order chi connectivity index (χ1) is 11.5. The van der Waals surface area contributed by atoms with Gasteiger partial charge >= 0.3 is 0 Å². The summed E-state index contributed by atoms with van der Waals surface area (Å²) in [6, 6.07) is 8.52. The Morgan fingerprint density at radius 1 is 1.08 bits per heavy atom. The molecule has 0 N–H and O–H groups in total. The maximum atomic E-state index is 5.62. The summed E-state index contributed by atoms with van der Waals surface area (Å²) in [7, 11) is 8.14. The van der Waals surface area contributed by atoms with Crippen molar-refractivity contribution in [2.75, 3.05) is 54.6 Å². The van der Waals surface area contributed by atoms with Crippen LogP contribution in [-0.2, 0) is 10.2 Å². The van der Waals surface area contributed by atoms with Crippen molar-refractivity contribution in [1.82, 2.24) is 9.80 Å². The Hall–Kier alpha value is -1.75. The van der Waals surface area contributed by atoms with Crippen LogP contribution in [0, 0.1) is 0 Å². The highest BCUT2D eigenvalue weighted by atomic mass is 16.5. The van der Waals surface area contributed by atoms with Crippen LogP contribution >= 0.6 is 0 Å². The van der Waals surface area contributed by atoms with Gasteiger partial charge in [-0.1, -0.05) is 12.1 Å². The van der Waals surface area contributed by atoms with Gasteiger partial charge in [-0.25, -0.2) is 0 Å². The molecular weight excluding hydrogens is 302 g/mol. The molecule has 1 saturated heterocycles. The molecule has 0 amide bonds. The van der Waals surface area contributed by atoms with Crippen LogP contribution in [0.2, 0.25) is 0 Å². The van der Waals surface area contributed by atoms with Gasteiger partial charge in [0.15, 0.2) is 5.96 Å². The summed E-state index contributed by atoms with van der Waals surface area (Å²) in [5.74, 6) is 1.92. The van der Waals surface area contributed by atoms with Gasteiger partial charge in [-0.3, -0.25) is 4.99 Å². The SMILES string of the molecule is CCOc1ccc(C2(CN=C(N(C)C)N(C)C)CCOCC2)cc1. The zero-order valence-electron chi connectivity index (χ0n) is 15.7. The first-order valence-corrected chi connectivity index (χ1v) is 8.69. The van der Waals surface area contributed by atoms with Gasteiger partial charge in [-0.2, -0.15) is 0 Å². The molecule has 0 saturated carbocycles. The zero-order chi connectivity index (χ0) is 17.6. The molecule has 134 valence electrons. The van der Waals surface area contributed by atoms with E-state index in [-0.39, 0.29) is 5.41 Å². The van der Waals surface area contributed by atoms with E-state index in [1.165, 1.54) is 5.56 Å². The summed E-state index contributed by atoms with van der Waals surface area (Å²) in [5.41, 5.74) is 1.37. The Morgan fingerprint density at radius 2 is 1.67 bits per heavy atom. The maximum Gasteiger partial charge on any atom is 0.195 e. The van der Waals surface area contributed by atoms with Gasteiger partial charge < -0.3 is 19.3 Å². The number of nitrogens with zero attached hydrogens (tertiary/aromatic N) is 3. The minimum Gasteiger partial charge on any atom is -0.494 e. The number of ether oxygens (including phenoxy) is 2. The second kappa shape index (κ2) is 8.38. The summed E-state index contributed by atoms with van der Waals surface area (Å²) in [5, 5.41) is 0. The summed E-state index contributed by atoms with van der Waals surface area (Å²) in [4.78, 5) is 9.06. The van der Waals surface area contributed by atoms with Crippen LogP contribution in [0.5, 0.6) is 5.75 Å². The molecule has 1 aliphatic heterocycles. The molecule has 1 aromatic rings. The standard InChI is InChI=1S/C19H31N3O2/c1-6-24-17-9-7-16(8-10-17)19(11-13-23-14-12-19)15-20-18(21(2)3)22(4)5/h7-10H,6,11-15H2,1-5H3. The van der Waals surface area contributed by atoms with Crippen LogP contribution in [0.15, 0.2) is 29.3 Å². The third-order valence-corrected chi connectivity index (χ3v) is 4.55. The van der Waals surface area contributed by atoms with E-state index in [1.807, 2.05) is 35.1 Å². The summed E-state index contributed by atoms with van der Waals surface area (Å²) >= 11 is 0. The lowest BCUT2D eigenvalue weighted by Gasteiger charge is -2.37. The van der Waals surface area contributed by atoms with Crippen molar-refractivity contribution in [3.8, 4) is 5.75 Å². The first kappa shape index (κ1) is 18.6. The number of benzene rings is 1. The normalized spacial score (nSPS) is 16.4. The fourth-order valence-electron chi connectivity index (χ4n) is 3.28. The Kier molecular flexibility index (Phi) is 6.49. The van der Waals surface area contributed by atoms with Crippen molar-refractivity contribution in [3.05, 3.63) is 29.8 Å². The van der Waals surface area contributed by atoms with Gasteiger partial charge in [-0.05, 0) is 37.5 Å². The van der Waals surface area contributed by atoms with Crippen molar-refractivity contribution in [2.45, 2.75) is 25.2 Å². The number of hydrogen-bond donors (Lipinski definition) is 0. The lowest BCUT2D eigenvalue weighted by atomic mass is 9.74. The van der Waals surface area contributed by atoms with Gasteiger partial charge in [0.25, 0.3) is 0 Å². The van der Waals surface area contributed by atoms with Crippen LogP contribution in [0.25, 0.3) is 0 Å². The van der Waals surface area contributed by atoms with Gasteiger partial charge in [0.2, 0.25) is 0 Å². The van der Waals surface area contributed by atoms with Gasteiger partial charge in [-0.15, -0.1) is 0 Å². The van der Waals surface area contributed by atoms with Crippen molar-refractivity contribution in [3.63, 3.8) is 0 Å². The average molecular weight is 333 g/mol. The largest absolute Gasteiger partial charge is 0.494 e. The molecule has 0 aliphatic carbocycles. The molecule has 5 nitrogen and oxygen atoms in total. The van der Waals surface area contributed by atoms with E-state index in [1.54, 1.807) is 0 Å². The molecule has 0 atom stereocenters. The second-order valence-corrected chi connectivity index (χ2v) is 6.76. The molecule has 24 heavy (non-hydrogen) atoms. The Bertz CT molecular complexity index is 522. The first-order valence-electron chi connectivity index (χ1n) is 8.69. The predicted molar refractivity (Wildman–Crippen MR) is 99.0 cm³/mol. The van der Waals surface area contributed by atoms with Crippen molar-refractivity contribution in [1.29, 1.82) is 0 Å². The Balaban J connectivity index is 2.27. The van der Waals surface area contributed by atoms with E-state index in [9.17, 15) is 0 Å². The smallest absolute Gasteiger partial charge is 0.195 e. The topological polar surface area (TPSA) is 37.3 Å². The molecule has 0 unspecified atom stereocenters. The third kappa shape index (κ3) is 4.41. The Labute approximate surface area is 146 Å². The van der Waals surface area contributed by atoms with E-state index in [0.717, 1.165) is 44.3 Å². The Morgan fingerprint density at radius 3 is 2.17 bits per heavy atom. The van der Waals surface area contributed by atoms with Crippen LogP contribution < -0.4 is 4.74 Å². The predicted octanol–water partition coefficient (Wildman–Crippen LogP) is 2.61. The highest BCUT2D eigenvalue weighted by Crippen LogP contribution is 2.36. The van der Waals surface area contributed by atoms with Crippen molar-refractivity contribution in [2.24, 2.45) is 4.99 Å². The molecule has 5 heteroatoms. The molecule has 1 aromatic carbocycles. The molecule has 0 bridgehead atoms. The fraction of sp³-hybridized carbons (Fsp3) is 0.632. The number of aliphatic imine (C=N–C) groups is 1. The van der Waals surface area contributed by atoms with Gasteiger partial charge in [0.1, 0.15) is 5.75 Å². The second-order valence-electron chi connectivity index (χ2n) is 6.76. The highest BCUT2D eigenvalue weighted by molar-refractivity contribution is 5.79. The van der Waals surface area contributed by atoms with Crippen LogP contribution in [0.1, 0.15) is 25.3 Å².